The zero-order valence-corrected chi connectivity index (χ0v) is 10.8. The second kappa shape index (κ2) is 6.74. The van der Waals surface area contributed by atoms with E-state index in [0.717, 1.165) is 0 Å². The first-order valence-corrected chi connectivity index (χ1v) is 5.15. The molecule has 0 aromatic rings. The first-order valence-electron chi connectivity index (χ1n) is 5.15. The van der Waals surface area contributed by atoms with Crippen LogP contribution in [-0.4, -0.2) is 26.2 Å². The van der Waals surface area contributed by atoms with Crippen molar-refractivity contribution < 1.29 is 19.1 Å². The van der Waals surface area contributed by atoms with Crippen LogP contribution in [0.2, 0.25) is 0 Å². The van der Waals surface area contributed by atoms with Gasteiger partial charge in [-0.2, -0.15) is 0 Å². The molecule has 4 heteroatoms. The molecule has 0 unspecified atom stereocenters. The lowest BCUT2D eigenvalue weighted by Gasteiger charge is -2.26. The Kier molecular flexibility index (Phi) is 6.05. The summed E-state index contributed by atoms with van der Waals surface area (Å²) in [4.78, 5) is 23.7. The van der Waals surface area contributed by atoms with Crippen LogP contribution >= 0.6 is 0 Å². The Morgan fingerprint density at radius 3 is 2.00 bits per heavy atom. The highest BCUT2D eigenvalue weighted by Crippen LogP contribution is 2.32. The van der Waals surface area contributed by atoms with Crippen molar-refractivity contribution in [3.05, 3.63) is 12.2 Å². The minimum Gasteiger partial charge on any atom is -0.468 e. The van der Waals surface area contributed by atoms with Gasteiger partial charge in [0.2, 0.25) is 0 Å². The molecule has 0 saturated carbocycles. The van der Waals surface area contributed by atoms with E-state index in [-0.39, 0.29) is 12.8 Å². The van der Waals surface area contributed by atoms with E-state index >= 15 is 0 Å². The lowest BCUT2D eigenvalue weighted by Crippen LogP contribution is -2.41. The third-order valence-corrected chi connectivity index (χ3v) is 2.32. The summed E-state index contributed by atoms with van der Waals surface area (Å²) in [6.45, 7) is 7.09. The molecule has 0 rings (SSSR count). The van der Waals surface area contributed by atoms with Gasteiger partial charge in [-0.15, -0.1) is 18.4 Å². The second-order valence-corrected chi connectivity index (χ2v) is 3.80. The molecule has 0 atom stereocenters. The van der Waals surface area contributed by atoms with Crippen molar-refractivity contribution in [1.29, 1.82) is 0 Å². The number of rotatable bonds is 5. The van der Waals surface area contributed by atoms with Gasteiger partial charge < -0.3 is 9.47 Å². The van der Waals surface area contributed by atoms with Crippen LogP contribution in [0.15, 0.2) is 12.2 Å². The highest BCUT2D eigenvalue weighted by molar-refractivity contribution is 6.00. The van der Waals surface area contributed by atoms with Crippen LogP contribution in [-0.2, 0) is 19.1 Å². The van der Waals surface area contributed by atoms with Gasteiger partial charge in [0, 0.05) is 6.42 Å². The van der Waals surface area contributed by atoms with E-state index < -0.39 is 17.4 Å². The molecule has 0 aliphatic rings. The maximum absolute atomic E-state index is 11.8. The Labute approximate surface area is 102 Å². The fraction of sp³-hybridized carbons (Fsp3) is 0.538. The number of hydrogen-bond acceptors (Lipinski definition) is 4. The van der Waals surface area contributed by atoms with Gasteiger partial charge in [0.25, 0.3) is 0 Å². The van der Waals surface area contributed by atoms with E-state index in [1.54, 1.807) is 13.8 Å². The van der Waals surface area contributed by atoms with E-state index in [2.05, 4.69) is 27.9 Å². The standard InChI is InChI=1S/C13H18O4/c1-6-7-8-13(9-10(2)3,11(14)16-4)12(15)17-5/h2,8-9H2,1,3-5H3. The average Bonchev–Trinajstić information content (AvgIpc) is 2.31. The van der Waals surface area contributed by atoms with Gasteiger partial charge in [0.15, 0.2) is 5.41 Å². The van der Waals surface area contributed by atoms with Crippen LogP contribution in [0.5, 0.6) is 0 Å². The largest absolute Gasteiger partial charge is 0.468 e. The van der Waals surface area contributed by atoms with Crippen molar-refractivity contribution in [1.82, 2.24) is 0 Å². The van der Waals surface area contributed by atoms with Crippen molar-refractivity contribution in [3.8, 4) is 11.8 Å². The summed E-state index contributed by atoms with van der Waals surface area (Å²) < 4.78 is 9.38. The van der Waals surface area contributed by atoms with Crippen LogP contribution in [0.1, 0.15) is 26.7 Å². The number of allylic oxidation sites excluding steroid dienone is 1. The van der Waals surface area contributed by atoms with Gasteiger partial charge in [0.1, 0.15) is 0 Å². The third-order valence-electron chi connectivity index (χ3n) is 2.32. The molecule has 0 saturated heterocycles. The van der Waals surface area contributed by atoms with Crippen LogP contribution < -0.4 is 0 Å². The van der Waals surface area contributed by atoms with Crippen molar-refractivity contribution in [2.45, 2.75) is 26.7 Å². The maximum atomic E-state index is 11.8. The molecule has 4 nitrogen and oxygen atoms in total. The summed E-state index contributed by atoms with van der Waals surface area (Å²) in [5.41, 5.74) is -0.711. The maximum Gasteiger partial charge on any atom is 0.324 e. The third kappa shape index (κ3) is 3.63. The Bertz CT molecular complexity index is 355. The van der Waals surface area contributed by atoms with E-state index in [4.69, 9.17) is 0 Å². The topological polar surface area (TPSA) is 52.6 Å². The van der Waals surface area contributed by atoms with Crippen molar-refractivity contribution in [3.63, 3.8) is 0 Å². The van der Waals surface area contributed by atoms with E-state index in [0.29, 0.717) is 5.57 Å². The number of methoxy groups -OCH3 is 2. The monoisotopic (exact) mass is 238 g/mol. The number of ether oxygens (including phenoxy) is 2. The lowest BCUT2D eigenvalue weighted by molar-refractivity contribution is -0.168. The van der Waals surface area contributed by atoms with Gasteiger partial charge in [-0.3, -0.25) is 9.59 Å². The number of esters is 2. The highest BCUT2D eigenvalue weighted by Gasteiger charge is 2.47. The minimum absolute atomic E-state index is 0.0652. The quantitative estimate of drug-likeness (QED) is 0.316. The summed E-state index contributed by atoms with van der Waals surface area (Å²) >= 11 is 0. The first-order chi connectivity index (χ1) is 7.94. The van der Waals surface area contributed by atoms with Crippen molar-refractivity contribution in [2.75, 3.05) is 14.2 Å². The zero-order chi connectivity index (χ0) is 13.5. The Morgan fingerprint density at radius 1 is 1.24 bits per heavy atom. The van der Waals surface area contributed by atoms with Gasteiger partial charge >= 0.3 is 11.9 Å². The van der Waals surface area contributed by atoms with E-state index in [9.17, 15) is 9.59 Å². The number of carbonyl (C=O) groups is 2. The first kappa shape index (κ1) is 15.2. The summed E-state index contributed by atoms with van der Waals surface area (Å²) in [6, 6.07) is 0. The molecular weight excluding hydrogens is 220 g/mol. The molecule has 0 heterocycles. The molecule has 17 heavy (non-hydrogen) atoms. The Morgan fingerprint density at radius 2 is 1.71 bits per heavy atom. The molecule has 0 bridgehead atoms. The van der Waals surface area contributed by atoms with Gasteiger partial charge in [-0.1, -0.05) is 5.57 Å². The summed E-state index contributed by atoms with van der Waals surface area (Å²) in [5, 5.41) is 0. The molecule has 0 aromatic carbocycles. The molecule has 0 spiro atoms. The number of carbonyl (C=O) groups excluding carboxylic acids is 2. The van der Waals surface area contributed by atoms with Gasteiger partial charge in [-0.25, -0.2) is 0 Å². The second-order valence-electron chi connectivity index (χ2n) is 3.80. The lowest BCUT2D eigenvalue weighted by atomic mass is 9.79. The average molecular weight is 238 g/mol. The predicted octanol–water partition coefficient (Wildman–Crippen LogP) is 1.70. The Hall–Kier alpha value is -1.76. The Balaban J connectivity index is 5.47. The van der Waals surface area contributed by atoms with Crippen molar-refractivity contribution >= 4 is 11.9 Å². The molecule has 0 aliphatic heterocycles. The predicted molar refractivity (Wildman–Crippen MR) is 64.0 cm³/mol. The van der Waals surface area contributed by atoms with Crippen molar-refractivity contribution in [2.24, 2.45) is 5.41 Å². The smallest absolute Gasteiger partial charge is 0.324 e. The summed E-state index contributed by atoms with van der Waals surface area (Å²) in [6.07, 6.45) is 0.233. The molecule has 0 aromatic heterocycles. The highest BCUT2D eigenvalue weighted by atomic mass is 16.5. The molecule has 0 aliphatic carbocycles. The summed E-state index contributed by atoms with van der Waals surface area (Å²) in [5.74, 6) is 4.10. The SMILES string of the molecule is C=C(C)CC(CC#CC)(C(=O)OC)C(=O)OC. The van der Waals surface area contributed by atoms with Crippen LogP contribution in [0, 0.1) is 17.3 Å². The zero-order valence-electron chi connectivity index (χ0n) is 10.8. The molecule has 0 amide bonds. The van der Waals surface area contributed by atoms with E-state index in [1.165, 1.54) is 14.2 Å². The number of hydrogen-bond donors (Lipinski definition) is 0. The fourth-order valence-electron chi connectivity index (χ4n) is 1.58. The van der Waals surface area contributed by atoms with Crippen LogP contribution in [0.4, 0.5) is 0 Å². The fourth-order valence-corrected chi connectivity index (χ4v) is 1.58. The van der Waals surface area contributed by atoms with Crippen LogP contribution in [0.3, 0.4) is 0 Å². The molecular formula is C13H18O4. The summed E-state index contributed by atoms with van der Waals surface area (Å²) in [7, 11) is 2.47. The van der Waals surface area contributed by atoms with E-state index in [1.807, 2.05) is 0 Å². The molecule has 0 fully saturated rings. The van der Waals surface area contributed by atoms with Crippen LogP contribution in [0.25, 0.3) is 0 Å². The van der Waals surface area contributed by atoms with Gasteiger partial charge in [0.05, 0.1) is 14.2 Å². The normalized spacial score (nSPS) is 9.88. The molecule has 0 N–H and O–H groups in total. The van der Waals surface area contributed by atoms with Gasteiger partial charge in [-0.05, 0) is 20.3 Å². The minimum atomic E-state index is -1.40. The molecule has 0 radical (unpaired) electrons. The molecule has 94 valence electrons.